The van der Waals surface area contributed by atoms with Crippen LogP contribution in [-0.2, 0) is 4.74 Å². The molecule has 2 aromatic rings. The molecule has 0 radical (unpaired) electrons. The number of anilines is 1. The summed E-state index contributed by atoms with van der Waals surface area (Å²) >= 11 is 0. The first-order chi connectivity index (χ1) is 8.77. The Balaban J connectivity index is 1.79. The molecule has 0 spiro atoms. The quantitative estimate of drug-likeness (QED) is 0.889. The molecule has 1 fully saturated rings. The van der Waals surface area contributed by atoms with E-state index in [1.165, 1.54) is 0 Å². The van der Waals surface area contributed by atoms with Gasteiger partial charge in [-0.3, -0.25) is 0 Å². The van der Waals surface area contributed by atoms with Gasteiger partial charge in [0.1, 0.15) is 0 Å². The molecule has 0 aliphatic carbocycles. The fourth-order valence-corrected chi connectivity index (χ4v) is 2.02. The van der Waals surface area contributed by atoms with Crippen molar-refractivity contribution in [3.63, 3.8) is 0 Å². The Hall–Kier alpha value is -1.88. The van der Waals surface area contributed by atoms with Crippen molar-refractivity contribution in [1.82, 2.24) is 15.0 Å². The van der Waals surface area contributed by atoms with Crippen LogP contribution in [0.1, 0.15) is 6.92 Å². The average molecular weight is 244 g/mol. The average Bonchev–Trinajstić information content (AvgIpc) is 2.88. The molecule has 5 nitrogen and oxygen atoms in total. The molecule has 0 amide bonds. The number of hydrogen-bond acceptors (Lipinski definition) is 4. The van der Waals surface area contributed by atoms with Gasteiger partial charge in [-0.2, -0.15) is 0 Å². The van der Waals surface area contributed by atoms with Gasteiger partial charge in [0.05, 0.1) is 37.0 Å². The van der Waals surface area contributed by atoms with Crippen LogP contribution < -0.4 is 5.32 Å². The smallest absolute Gasteiger partial charge is 0.0894 e. The minimum Gasteiger partial charge on any atom is -0.383 e. The van der Waals surface area contributed by atoms with E-state index in [0.29, 0.717) is 0 Å². The van der Waals surface area contributed by atoms with Gasteiger partial charge in [-0.1, -0.05) is 24.3 Å². The summed E-state index contributed by atoms with van der Waals surface area (Å²) in [5.41, 5.74) is 2.32. The minimum absolute atomic E-state index is 0.246. The second-order valence-corrected chi connectivity index (χ2v) is 5.02. The standard InChI is InChI=1S/C13H16N4O/c1-13(9-18-10-13)8-14-11-4-2-3-5-12(11)17-7-6-15-16-17/h2-7,14H,8-10H2,1H3. The number of nitrogens with zero attached hydrogens (tertiary/aromatic N) is 3. The van der Waals surface area contributed by atoms with Gasteiger partial charge in [-0.25, -0.2) is 4.68 Å². The second-order valence-electron chi connectivity index (χ2n) is 5.02. The van der Waals surface area contributed by atoms with Crippen LogP contribution in [0.25, 0.3) is 5.69 Å². The van der Waals surface area contributed by atoms with E-state index in [1.807, 2.05) is 24.4 Å². The first-order valence-corrected chi connectivity index (χ1v) is 6.04. The molecule has 5 heteroatoms. The van der Waals surface area contributed by atoms with Gasteiger partial charge in [0.25, 0.3) is 0 Å². The largest absolute Gasteiger partial charge is 0.383 e. The SMILES string of the molecule is CC1(CNc2ccccc2-n2ccnn2)COC1. The van der Waals surface area contributed by atoms with Gasteiger partial charge < -0.3 is 10.1 Å². The summed E-state index contributed by atoms with van der Waals surface area (Å²) in [5.74, 6) is 0. The van der Waals surface area contributed by atoms with Crippen molar-refractivity contribution in [1.29, 1.82) is 0 Å². The summed E-state index contributed by atoms with van der Waals surface area (Å²) in [6, 6.07) is 8.09. The van der Waals surface area contributed by atoms with Crippen molar-refractivity contribution in [3.8, 4) is 5.69 Å². The van der Waals surface area contributed by atoms with Crippen molar-refractivity contribution in [3.05, 3.63) is 36.7 Å². The van der Waals surface area contributed by atoms with Crippen molar-refractivity contribution in [2.45, 2.75) is 6.92 Å². The molecule has 1 aliphatic rings. The molecule has 1 aromatic heterocycles. The molecule has 94 valence electrons. The topological polar surface area (TPSA) is 52.0 Å². The molecule has 1 saturated heterocycles. The molecule has 0 atom stereocenters. The summed E-state index contributed by atoms with van der Waals surface area (Å²) < 4.78 is 7.03. The van der Waals surface area contributed by atoms with Crippen LogP contribution in [0.2, 0.25) is 0 Å². The highest BCUT2D eigenvalue weighted by Crippen LogP contribution is 2.28. The Labute approximate surface area is 106 Å². The second kappa shape index (κ2) is 4.42. The lowest BCUT2D eigenvalue weighted by atomic mass is 9.88. The summed E-state index contributed by atoms with van der Waals surface area (Å²) in [5, 5.41) is 11.3. The van der Waals surface area contributed by atoms with Crippen LogP contribution in [0.15, 0.2) is 36.7 Å². The third-order valence-electron chi connectivity index (χ3n) is 3.18. The van der Waals surface area contributed by atoms with Crippen LogP contribution >= 0.6 is 0 Å². The van der Waals surface area contributed by atoms with Gasteiger partial charge in [0.15, 0.2) is 0 Å². The highest BCUT2D eigenvalue weighted by atomic mass is 16.5. The fourth-order valence-electron chi connectivity index (χ4n) is 2.02. The van der Waals surface area contributed by atoms with Crippen molar-refractivity contribution >= 4 is 5.69 Å². The summed E-state index contributed by atoms with van der Waals surface area (Å²) in [4.78, 5) is 0. The molecule has 0 unspecified atom stereocenters. The van der Waals surface area contributed by atoms with Gasteiger partial charge in [-0.05, 0) is 12.1 Å². The maximum Gasteiger partial charge on any atom is 0.0894 e. The lowest BCUT2D eigenvalue weighted by molar-refractivity contribution is -0.0924. The zero-order chi connectivity index (χ0) is 12.4. The molecule has 0 bridgehead atoms. The molecule has 1 aliphatic heterocycles. The van der Waals surface area contributed by atoms with Gasteiger partial charge in [0.2, 0.25) is 0 Å². The molecule has 0 saturated carbocycles. The zero-order valence-electron chi connectivity index (χ0n) is 10.3. The van der Waals surface area contributed by atoms with Gasteiger partial charge >= 0.3 is 0 Å². The van der Waals surface area contributed by atoms with Gasteiger partial charge in [-0.15, -0.1) is 5.10 Å². The zero-order valence-corrected chi connectivity index (χ0v) is 10.3. The van der Waals surface area contributed by atoms with Crippen molar-refractivity contribution < 1.29 is 4.74 Å². The third kappa shape index (κ3) is 2.09. The normalized spacial score (nSPS) is 17.2. The number of hydrogen-bond donors (Lipinski definition) is 1. The van der Waals surface area contributed by atoms with E-state index in [0.717, 1.165) is 31.1 Å². The Morgan fingerprint density at radius 3 is 2.89 bits per heavy atom. The third-order valence-corrected chi connectivity index (χ3v) is 3.18. The van der Waals surface area contributed by atoms with E-state index in [9.17, 15) is 0 Å². The van der Waals surface area contributed by atoms with Crippen LogP contribution in [0, 0.1) is 5.41 Å². The number of rotatable bonds is 4. The van der Waals surface area contributed by atoms with Crippen molar-refractivity contribution in [2.24, 2.45) is 5.41 Å². The van der Waals surface area contributed by atoms with E-state index in [1.54, 1.807) is 10.9 Å². The number of aromatic nitrogens is 3. The Morgan fingerprint density at radius 2 is 2.22 bits per heavy atom. The fraction of sp³-hybridized carbons (Fsp3) is 0.385. The Kier molecular flexibility index (Phi) is 2.76. The molecule has 1 N–H and O–H groups in total. The molecular weight excluding hydrogens is 228 g/mol. The molecule has 3 rings (SSSR count). The first kappa shape index (κ1) is 11.2. The summed E-state index contributed by atoms with van der Waals surface area (Å²) in [7, 11) is 0. The van der Waals surface area contributed by atoms with E-state index < -0.39 is 0 Å². The lowest BCUT2D eigenvalue weighted by Crippen LogP contribution is -2.45. The molecule has 1 aromatic carbocycles. The molecular formula is C13H16N4O. The number of ether oxygens (including phenoxy) is 1. The van der Waals surface area contributed by atoms with Crippen LogP contribution in [0.3, 0.4) is 0 Å². The van der Waals surface area contributed by atoms with E-state index in [4.69, 9.17) is 4.74 Å². The number of nitrogens with one attached hydrogen (secondary N) is 1. The van der Waals surface area contributed by atoms with Gasteiger partial charge in [0, 0.05) is 12.0 Å². The summed E-state index contributed by atoms with van der Waals surface area (Å²) in [6.45, 7) is 4.78. The number of benzene rings is 1. The monoisotopic (exact) mass is 244 g/mol. The predicted octanol–water partition coefficient (Wildman–Crippen LogP) is 1.72. The summed E-state index contributed by atoms with van der Waals surface area (Å²) in [6.07, 6.45) is 3.52. The van der Waals surface area contributed by atoms with E-state index in [-0.39, 0.29) is 5.41 Å². The lowest BCUT2D eigenvalue weighted by Gasteiger charge is -2.38. The molecule has 2 heterocycles. The Morgan fingerprint density at radius 1 is 1.39 bits per heavy atom. The van der Waals surface area contributed by atoms with E-state index in [2.05, 4.69) is 28.6 Å². The highest BCUT2D eigenvalue weighted by molar-refractivity contribution is 5.60. The predicted molar refractivity (Wildman–Crippen MR) is 68.8 cm³/mol. The maximum absolute atomic E-state index is 5.26. The van der Waals surface area contributed by atoms with Crippen LogP contribution in [0.5, 0.6) is 0 Å². The van der Waals surface area contributed by atoms with Crippen LogP contribution in [-0.4, -0.2) is 34.8 Å². The highest BCUT2D eigenvalue weighted by Gasteiger charge is 2.33. The molecule has 18 heavy (non-hydrogen) atoms. The van der Waals surface area contributed by atoms with Crippen molar-refractivity contribution in [2.75, 3.05) is 25.1 Å². The maximum atomic E-state index is 5.26. The first-order valence-electron chi connectivity index (χ1n) is 6.04. The number of para-hydroxylation sites is 2. The minimum atomic E-state index is 0.246. The Bertz CT molecular complexity index is 520. The van der Waals surface area contributed by atoms with E-state index >= 15 is 0 Å². The van der Waals surface area contributed by atoms with Crippen LogP contribution in [0.4, 0.5) is 5.69 Å².